The maximum Gasteiger partial charge on any atom is 0.275 e. The molecule has 2 rings (SSSR count). The largest absolute Gasteiger partial charge is 0.378 e. The molecular formula is C17H23N5O. The molecule has 2 aromatic rings. The first-order valence-electron chi connectivity index (χ1n) is 7.75. The third-order valence-corrected chi connectivity index (χ3v) is 3.36. The van der Waals surface area contributed by atoms with Crippen molar-refractivity contribution in [1.29, 1.82) is 0 Å². The number of carbonyl (C=O) groups excluding carboxylic acids is 1. The molecule has 0 saturated heterocycles. The summed E-state index contributed by atoms with van der Waals surface area (Å²) in [6, 6.07) is 7.62. The number of unbranched alkanes of at least 4 members (excludes halogenated alkanes) is 1. The Hall–Kier alpha value is -2.63. The fraction of sp³-hybridized carbons (Fsp3) is 0.353. The molecular weight excluding hydrogens is 290 g/mol. The summed E-state index contributed by atoms with van der Waals surface area (Å²) < 4.78 is 0. The monoisotopic (exact) mass is 313 g/mol. The maximum atomic E-state index is 12.2. The molecule has 0 atom stereocenters. The van der Waals surface area contributed by atoms with E-state index in [1.807, 2.05) is 43.3 Å². The smallest absolute Gasteiger partial charge is 0.275 e. The van der Waals surface area contributed by atoms with Gasteiger partial charge in [-0.15, -0.1) is 0 Å². The highest BCUT2D eigenvalue weighted by molar-refractivity contribution is 6.02. The molecule has 1 heterocycles. The van der Waals surface area contributed by atoms with Crippen LogP contribution < -0.4 is 15.5 Å². The fourth-order valence-corrected chi connectivity index (χ4v) is 1.97. The number of aromatic nitrogens is 2. The van der Waals surface area contributed by atoms with Crippen LogP contribution in [0, 0.1) is 0 Å². The number of anilines is 3. The van der Waals surface area contributed by atoms with Crippen molar-refractivity contribution in [2.75, 3.05) is 36.2 Å². The van der Waals surface area contributed by atoms with Gasteiger partial charge in [0, 0.05) is 32.0 Å². The maximum absolute atomic E-state index is 12.2. The summed E-state index contributed by atoms with van der Waals surface area (Å²) in [5, 5.41) is 5.98. The lowest BCUT2D eigenvalue weighted by molar-refractivity contribution is 0.102. The molecule has 0 aliphatic heterocycles. The van der Waals surface area contributed by atoms with Gasteiger partial charge in [0.2, 0.25) is 0 Å². The minimum Gasteiger partial charge on any atom is -0.378 e. The predicted molar refractivity (Wildman–Crippen MR) is 94.2 cm³/mol. The van der Waals surface area contributed by atoms with Crippen molar-refractivity contribution in [1.82, 2.24) is 9.97 Å². The molecule has 6 heteroatoms. The third-order valence-electron chi connectivity index (χ3n) is 3.36. The highest BCUT2D eigenvalue weighted by Crippen LogP contribution is 2.16. The molecule has 0 bridgehead atoms. The Morgan fingerprint density at radius 3 is 2.43 bits per heavy atom. The molecule has 2 N–H and O–H groups in total. The second-order valence-corrected chi connectivity index (χ2v) is 5.46. The van der Waals surface area contributed by atoms with Gasteiger partial charge in [0.15, 0.2) is 0 Å². The molecule has 1 aromatic heterocycles. The van der Waals surface area contributed by atoms with Crippen LogP contribution >= 0.6 is 0 Å². The van der Waals surface area contributed by atoms with Crippen molar-refractivity contribution >= 4 is 23.1 Å². The van der Waals surface area contributed by atoms with E-state index in [-0.39, 0.29) is 5.91 Å². The summed E-state index contributed by atoms with van der Waals surface area (Å²) >= 11 is 0. The summed E-state index contributed by atoms with van der Waals surface area (Å²) in [5.41, 5.74) is 2.10. The van der Waals surface area contributed by atoms with Gasteiger partial charge in [-0.3, -0.25) is 4.79 Å². The quantitative estimate of drug-likeness (QED) is 0.769. The number of hydrogen-bond acceptors (Lipinski definition) is 5. The number of rotatable bonds is 7. The first-order chi connectivity index (χ1) is 11.1. The Balaban J connectivity index is 1.94. The molecule has 1 aromatic carbocycles. The zero-order valence-corrected chi connectivity index (χ0v) is 13.8. The molecule has 0 aliphatic rings. The summed E-state index contributed by atoms with van der Waals surface area (Å²) in [7, 11) is 3.94. The minimum atomic E-state index is -0.268. The van der Waals surface area contributed by atoms with E-state index in [9.17, 15) is 4.79 Å². The molecule has 0 spiro atoms. The minimum absolute atomic E-state index is 0.268. The summed E-state index contributed by atoms with van der Waals surface area (Å²) in [6.45, 7) is 2.99. The molecule has 122 valence electrons. The summed E-state index contributed by atoms with van der Waals surface area (Å²) in [6.07, 6.45) is 5.26. The van der Waals surface area contributed by atoms with Gasteiger partial charge in [0.25, 0.3) is 5.91 Å². The molecule has 23 heavy (non-hydrogen) atoms. The standard InChI is InChI=1S/C17H23N5O/c1-4-5-10-18-16-12-19-15(11-20-16)17(23)21-13-6-8-14(9-7-13)22(2)3/h6-9,11-12H,4-5,10H2,1-3H3,(H,18,20)(H,21,23). The molecule has 0 saturated carbocycles. The van der Waals surface area contributed by atoms with Crippen LogP contribution in [0.3, 0.4) is 0 Å². The lowest BCUT2D eigenvalue weighted by Crippen LogP contribution is -2.15. The van der Waals surface area contributed by atoms with Crippen molar-refractivity contribution in [3.05, 3.63) is 42.4 Å². The van der Waals surface area contributed by atoms with Crippen LogP contribution in [0.4, 0.5) is 17.2 Å². The van der Waals surface area contributed by atoms with Gasteiger partial charge in [-0.1, -0.05) is 13.3 Å². The van der Waals surface area contributed by atoms with E-state index in [0.717, 1.165) is 30.8 Å². The SMILES string of the molecule is CCCCNc1cnc(C(=O)Nc2ccc(N(C)C)cc2)cn1. The normalized spacial score (nSPS) is 10.2. The first-order valence-corrected chi connectivity index (χ1v) is 7.75. The number of benzene rings is 1. The lowest BCUT2D eigenvalue weighted by Gasteiger charge is -2.13. The van der Waals surface area contributed by atoms with Crippen LogP contribution in [0.25, 0.3) is 0 Å². The highest BCUT2D eigenvalue weighted by Gasteiger charge is 2.08. The number of nitrogens with zero attached hydrogens (tertiary/aromatic N) is 3. The molecule has 1 amide bonds. The average Bonchev–Trinajstić information content (AvgIpc) is 2.56. The third kappa shape index (κ3) is 4.95. The Morgan fingerprint density at radius 1 is 1.13 bits per heavy atom. The van der Waals surface area contributed by atoms with Gasteiger partial charge in [0.05, 0.1) is 12.4 Å². The van der Waals surface area contributed by atoms with Crippen molar-refractivity contribution in [3.8, 4) is 0 Å². The van der Waals surface area contributed by atoms with Crippen LogP contribution in [-0.2, 0) is 0 Å². The van der Waals surface area contributed by atoms with E-state index in [2.05, 4.69) is 27.5 Å². The predicted octanol–water partition coefficient (Wildman–Crippen LogP) is 3.01. The van der Waals surface area contributed by atoms with E-state index < -0.39 is 0 Å². The van der Waals surface area contributed by atoms with Gasteiger partial charge in [-0.05, 0) is 30.7 Å². The lowest BCUT2D eigenvalue weighted by atomic mass is 10.2. The Bertz CT molecular complexity index is 622. The summed E-state index contributed by atoms with van der Waals surface area (Å²) in [4.78, 5) is 22.5. The van der Waals surface area contributed by atoms with E-state index in [1.54, 1.807) is 6.20 Å². The number of hydrogen-bond donors (Lipinski definition) is 2. The Morgan fingerprint density at radius 2 is 1.87 bits per heavy atom. The van der Waals surface area contributed by atoms with E-state index in [4.69, 9.17) is 0 Å². The van der Waals surface area contributed by atoms with Crippen LogP contribution in [0.2, 0.25) is 0 Å². The highest BCUT2D eigenvalue weighted by atomic mass is 16.1. The van der Waals surface area contributed by atoms with E-state index in [1.165, 1.54) is 6.20 Å². The van der Waals surface area contributed by atoms with E-state index in [0.29, 0.717) is 11.5 Å². The Kier molecular flexibility index (Phi) is 5.91. The van der Waals surface area contributed by atoms with Crippen molar-refractivity contribution < 1.29 is 4.79 Å². The topological polar surface area (TPSA) is 70.2 Å². The van der Waals surface area contributed by atoms with Gasteiger partial charge >= 0.3 is 0 Å². The van der Waals surface area contributed by atoms with Gasteiger partial charge in [-0.2, -0.15) is 0 Å². The van der Waals surface area contributed by atoms with Gasteiger partial charge in [-0.25, -0.2) is 9.97 Å². The summed E-state index contributed by atoms with van der Waals surface area (Å²) in [5.74, 6) is 0.417. The molecule has 0 aliphatic carbocycles. The first kappa shape index (κ1) is 16.7. The van der Waals surface area contributed by atoms with Crippen LogP contribution in [-0.4, -0.2) is 36.5 Å². The Labute approximate surface area is 137 Å². The number of nitrogens with one attached hydrogen (secondary N) is 2. The van der Waals surface area contributed by atoms with Crippen LogP contribution in [0.1, 0.15) is 30.3 Å². The fourth-order valence-electron chi connectivity index (χ4n) is 1.97. The zero-order valence-electron chi connectivity index (χ0n) is 13.8. The van der Waals surface area contributed by atoms with Crippen molar-refractivity contribution in [3.63, 3.8) is 0 Å². The van der Waals surface area contributed by atoms with Crippen molar-refractivity contribution in [2.24, 2.45) is 0 Å². The van der Waals surface area contributed by atoms with Crippen molar-refractivity contribution in [2.45, 2.75) is 19.8 Å². The van der Waals surface area contributed by atoms with Gasteiger partial charge < -0.3 is 15.5 Å². The van der Waals surface area contributed by atoms with Gasteiger partial charge in [0.1, 0.15) is 11.5 Å². The average molecular weight is 313 g/mol. The van der Waals surface area contributed by atoms with Crippen LogP contribution in [0.5, 0.6) is 0 Å². The zero-order chi connectivity index (χ0) is 16.7. The second kappa shape index (κ2) is 8.12. The molecule has 0 unspecified atom stereocenters. The van der Waals surface area contributed by atoms with Crippen LogP contribution in [0.15, 0.2) is 36.7 Å². The molecule has 6 nitrogen and oxygen atoms in total. The molecule has 0 fully saturated rings. The van der Waals surface area contributed by atoms with E-state index >= 15 is 0 Å². The second-order valence-electron chi connectivity index (χ2n) is 5.46. The molecule has 0 radical (unpaired) electrons. The number of amides is 1. The number of carbonyl (C=O) groups is 1.